The summed E-state index contributed by atoms with van der Waals surface area (Å²) in [6.45, 7) is 1.21. The van der Waals surface area contributed by atoms with E-state index in [4.69, 9.17) is 4.74 Å². The summed E-state index contributed by atoms with van der Waals surface area (Å²) in [5, 5.41) is 6.90. The normalized spacial score (nSPS) is 20.7. The monoisotopic (exact) mass is 490 g/mol. The number of methoxy groups -OCH3 is 1. The van der Waals surface area contributed by atoms with Crippen LogP contribution < -0.4 is 10.1 Å². The third-order valence-corrected chi connectivity index (χ3v) is 7.63. The zero-order valence-electron chi connectivity index (χ0n) is 19.3. The van der Waals surface area contributed by atoms with Crippen molar-refractivity contribution in [2.75, 3.05) is 20.2 Å². The number of nitrogens with one attached hydrogen (secondary N) is 1. The summed E-state index contributed by atoms with van der Waals surface area (Å²) >= 11 is 1.53. The summed E-state index contributed by atoms with van der Waals surface area (Å²) in [5.41, 5.74) is 0.987. The van der Waals surface area contributed by atoms with E-state index in [9.17, 15) is 14.4 Å². The van der Waals surface area contributed by atoms with Crippen LogP contribution in [0.1, 0.15) is 34.3 Å². The summed E-state index contributed by atoms with van der Waals surface area (Å²) in [6, 6.07) is 12.2. The van der Waals surface area contributed by atoms with Crippen LogP contribution >= 0.6 is 11.3 Å². The lowest BCUT2D eigenvalue weighted by Gasteiger charge is -2.41. The van der Waals surface area contributed by atoms with Gasteiger partial charge in [-0.05, 0) is 71.5 Å². The maximum absolute atomic E-state index is 13.9. The maximum atomic E-state index is 13.9. The molecule has 0 aliphatic carbocycles. The number of carbonyl (C=O) groups is 3. The van der Waals surface area contributed by atoms with Gasteiger partial charge in [-0.15, -0.1) is 0 Å². The molecule has 180 valence electrons. The zero-order chi connectivity index (χ0) is 24.4. The number of benzene rings is 1. The number of aromatic nitrogens is 1. The van der Waals surface area contributed by atoms with Gasteiger partial charge in [-0.25, -0.2) is 4.79 Å². The first-order valence-electron chi connectivity index (χ1n) is 11.5. The van der Waals surface area contributed by atoms with E-state index in [1.807, 2.05) is 22.9 Å². The standard InChI is InChI=1S/C26H26N4O4S/c1-34-22-6-4-19(5-7-22)23(31)29-12-8-20(9-13-29)26(21-3-2-11-27-15-21)24(32)30(25(33)28-26)16-18-10-14-35-17-18/h2-7,10-11,14-15,17,20H,8-9,12-13,16H2,1H3,(H,28,33)/t26-/m1/s1. The summed E-state index contributed by atoms with van der Waals surface area (Å²) in [5.74, 6) is 0.209. The van der Waals surface area contributed by atoms with E-state index in [0.29, 0.717) is 42.8 Å². The number of rotatable bonds is 6. The van der Waals surface area contributed by atoms with Crippen molar-refractivity contribution in [1.82, 2.24) is 20.1 Å². The predicted molar refractivity (Wildman–Crippen MR) is 131 cm³/mol. The molecule has 0 unspecified atom stereocenters. The van der Waals surface area contributed by atoms with Crippen molar-refractivity contribution in [3.05, 3.63) is 82.3 Å². The molecule has 35 heavy (non-hydrogen) atoms. The second-order valence-corrected chi connectivity index (χ2v) is 9.58. The second-order valence-electron chi connectivity index (χ2n) is 8.80. The summed E-state index contributed by atoms with van der Waals surface area (Å²) in [7, 11) is 1.59. The molecule has 1 atom stereocenters. The van der Waals surface area contributed by atoms with E-state index in [0.717, 1.165) is 5.56 Å². The van der Waals surface area contributed by atoms with E-state index in [1.165, 1.54) is 16.2 Å². The Bertz CT molecular complexity index is 1210. The van der Waals surface area contributed by atoms with Crippen molar-refractivity contribution in [3.8, 4) is 5.75 Å². The molecular weight excluding hydrogens is 464 g/mol. The third-order valence-electron chi connectivity index (χ3n) is 6.90. The van der Waals surface area contributed by atoms with Gasteiger partial charge in [0.25, 0.3) is 11.8 Å². The first-order valence-corrected chi connectivity index (χ1v) is 12.5. The molecule has 2 aromatic heterocycles. The molecule has 2 aliphatic heterocycles. The highest BCUT2D eigenvalue weighted by atomic mass is 32.1. The van der Waals surface area contributed by atoms with Gasteiger partial charge in [-0.1, -0.05) is 6.07 Å². The van der Waals surface area contributed by atoms with Crippen LogP contribution in [0.5, 0.6) is 5.75 Å². The minimum Gasteiger partial charge on any atom is -0.497 e. The second kappa shape index (κ2) is 9.50. The van der Waals surface area contributed by atoms with Crippen LogP contribution in [0, 0.1) is 5.92 Å². The largest absolute Gasteiger partial charge is 0.497 e. The van der Waals surface area contributed by atoms with Crippen LogP contribution in [0.2, 0.25) is 0 Å². The molecule has 1 aromatic carbocycles. The van der Waals surface area contributed by atoms with E-state index in [1.54, 1.807) is 54.7 Å². The van der Waals surface area contributed by atoms with Gasteiger partial charge in [0.05, 0.1) is 13.7 Å². The number of pyridine rings is 1. The number of amides is 4. The average Bonchev–Trinajstić information content (AvgIpc) is 3.52. The Morgan fingerprint density at radius 2 is 1.94 bits per heavy atom. The molecule has 4 amide bonds. The number of nitrogens with zero attached hydrogens (tertiary/aromatic N) is 3. The minimum atomic E-state index is -1.20. The molecule has 2 saturated heterocycles. The van der Waals surface area contributed by atoms with Crippen molar-refractivity contribution in [3.63, 3.8) is 0 Å². The first-order chi connectivity index (χ1) is 17.0. The Labute approximate surface area is 207 Å². The number of carbonyl (C=O) groups excluding carboxylic acids is 3. The smallest absolute Gasteiger partial charge is 0.325 e. The number of hydrogen-bond donors (Lipinski definition) is 1. The Balaban J connectivity index is 1.38. The molecule has 2 fully saturated rings. The van der Waals surface area contributed by atoms with Crippen molar-refractivity contribution in [2.24, 2.45) is 5.92 Å². The van der Waals surface area contributed by atoms with Gasteiger partial charge in [0, 0.05) is 36.6 Å². The quantitative estimate of drug-likeness (QED) is 0.533. The Morgan fingerprint density at radius 1 is 1.17 bits per heavy atom. The molecule has 0 radical (unpaired) electrons. The number of thiophene rings is 1. The molecule has 3 aromatic rings. The van der Waals surface area contributed by atoms with E-state index < -0.39 is 11.6 Å². The van der Waals surface area contributed by atoms with Gasteiger partial charge in [0.15, 0.2) is 5.54 Å². The molecular formula is C26H26N4O4S. The van der Waals surface area contributed by atoms with Gasteiger partial charge in [-0.3, -0.25) is 19.5 Å². The van der Waals surface area contributed by atoms with Crippen LogP contribution in [0.4, 0.5) is 4.79 Å². The van der Waals surface area contributed by atoms with Gasteiger partial charge in [0.1, 0.15) is 5.75 Å². The summed E-state index contributed by atoms with van der Waals surface area (Å²) < 4.78 is 5.18. The SMILES string of the molecule is COc1ccc(C(=O)N2CCC([C@]3(c4cccnc4)NC(=O)N(Cc4ccsc4)C3=O)CC2)cc1. The number of ether oxygens (including phenoxy) is 1. The van der Waals surface area contributed by atoms with Crippen molar-refractivity contribution in [1.29, 1.82) is 0 Å². The molecule has 2 aliphatic rings. The van der Waals surface area contributed by atoms with Crippen LogP contribution in [-0.2, 0) is 16.9 Å². The molecule has 8 nitrogen and oxygen atoms in total. The number of piperidine rings is 1. The fourth-order valence-electron chi connectivity index (χ4n) is 5.04. The minimum absolute atomic E-state index is 0.0533. The highest BCUT2D eigenvalue weighted by Crippen LogP contribution is 2.41. The zero-order valence-corrected chi connectivity index (χ0v) is 20.2. The lowest BCUT2D eigenvalue weighted by Crippen LogP contribution is -2.54. The van der Waals surface area contributed by atoms with Crippen LogP contribution in [0.15, 0.2) is 65.6 Å². The van der Waals surface area contributed by atoms with Gasteiger partial charge >= 0.3 is 6.03 Å². The Morgan fingerprint density at radius 3 is 2.57 bits per heavy atom. The molecule has 0 spiro atoms. The maximum Gasteiger partial charge on any atom is 0.325 e. The van der Waals surface area contributed by atoms with Crippen LogP contribution in [0.3, 0.4) is 0 Å². The van der Waals surface area contributed by atoms with Crippen LogP contribution in [0.25, 0.3) is 0 Å². The fourth-order valence-corrected chi connectivity index (χ4v) is 5.70. The molecule has 4 heterocycles. The molecule has 0 saturated carbocycles. The van der Waals surface area contributed by atoms with Crippen molar-refractivity contribution < 1.29 is 19.1 Å². The Hall–Kier alpha value is -3.72. The lowest BCUT2D eigenvalue weighted by atomic mass is 9.73. The topological polar surface area (TPSA) is 91.8 Å². The van der Waals surface area contributed by atoms with Crippen molar-refractivity contribution >= 4 is 29.2 Å². The fraction of sp³-hybridized carbons (Fsp3) is 0.308. The molecule has 5 rings (SSSR count). The van der Waals surface area contributed by atoms with E-state index in [-0.39, 0.29) is 24.3 Å². The predicted octanol–water partition coefficient (Wildman–Crippen LogP) is 3.65. The highest BCUT2D eigenvalue weighted by Gasteiger charge is 2.57. The van der Waals surface area contributed by atoms with E-state index in [2.05, 4.69) is 10.3 Å². The average molecular weight is 491 g/mol. The molecule has 9 heteroatoms. The number of imide groups is 1. The lowest BCUT2D eigenvalue weighted by molar-refractivity contribution is -0.134. The molecule has 1 N–H and O–H groups in total. The summed E-state index contributed by atoms with van der Waals surface area (Å²) in [6.07, 6.45) is 4.46. The van der Waals surface area contributed by atoms with E-state index >= 15 is 0 Å². The number of urea groups is 1. The van der Waals surface area contributed by atoms with Gasteiger partial charge < -0.3 is 15.0 Å². The number of hydrogen-bond acceptors (Lipinski definition) is 6. The van der Waals surface area contributed by atoms with Gasteiger partial charge in [0.2, 0.25) is 0 Å². The molecule has 0 bridgehead atoms. The first kappa shape index (κ1) is 23.0. The highest BCUT2D eigenvalue weighted by molar-refractivity contribution is 7.07. The summed E-state index contributed by atoms with van der Waals surface area (Å²) in [4.78, 5) is 47.3. The van der Waals surface area contributed by atoms with Gasteiger partial charge in [-0.2, -0.15) is 11.3 Å². The van der Waals surface area contributed by atoms with Crippen LogP contribution in [-0.4, -0.2) is 52.8 Å². The Kier molecular flexibility index (Phi) is 6.25. The van der Waals surface area contributed by atoms with Crippen molar-refractivity contribution in [2.45, 2.75) is 24.9 Å². The third kappa shape index (κ3) is 4.16. The number of likely N-dealkylation sites (tertiary alicyclic amines) is 1.